The number of sulfonamides is 1. The summed E-state index contributed by atoms with van der Waals surface area (Å²) in [6.07, 6.45) is 0. The van der Waals surface area contributed by atoms with E-state index in [2.05, 4.69) is 10.0 Å². The molecule has 0 saturated carbocycles. The van der Waals surface area contributed by atoms with Crippen molar-refractivity contribution in [2.24, 2.45) is 0 Å². The maximum Gasteiger partial charge on any atom is 0.262 e. The van der Waals surface area contributed by atoms with Crippen LogP contribution in [0.1, 0.15) is 32.6 Å². The molecule has 1 amide bonds. The van der Waals surface area contributed by atoms with Crippen LogP contribution < -0.4 is 10.0 Å². The third-order valence-corrected chi connectivity index (χ3v) is 7.73. The lowest BCUT2D eigenvalue weighted by molar-refractivity contribution is 0.0956. The van der Waals surface area contributed by atoms with Gasteiger partial charge in [0.25, 0.3) is 15.9 Å². The molecule has 3 aromatic carbocycles. The van der Waals surface area contributed by atoms with Crippen LogP contribution in [-0.2, 0) is 15.8 Å². The highest BCUT2D eigenvalue weighted by molar-refractivity contribution is 7.98. The van der Waals surface area contributed by atoms with E-state index >= 15 is 0 Å². The number of halogens is 1. The van der Waals surface area contributed by atoms with Crippen molar-refractivity contribution in [1.82, 2.24) is 5.32 Å². The summed E-state index contributed by atoms with van der Waals surface area (Å²) in [6.45, 7) is 6.02. The lowest BCUT2D eigenvalue weighted by atomic mass is 10.1. The first kappa shape index (κ1) is 25.1. The summed E-state index contributed by atoms with van der Waals surface area (Å²) in [7, 11) is -3.84. The number of nitrogens with one attached hydrogen (secondary N) is 2. The van der Waals surface area contributed by atoms with Crippen LogP contribution in [0.25, 0.3) is 0 Å². The summed E-state index contributed by atoms with van der Waals surface area (Å²) in [4.78, 5) is 12.7. The maximum absolute atomic E-state index is 13.0. The molecule has 3 rings (SSSR count). The van der Waals surface area contributed by atoms with E-state index in [1.54, 1.807) is 43.0 Å². The van der Waals surface area contributed by atoms with E-state index in [1.165, 1.54) is 11.6 Å². The molecule has 174 valence electrons. The number of benzene rings is 3. The van der Waals surface area contributed by atoms with Crippen molar-refractivity contribution in [1.29, 1.82) is 0 Å². The molecule has 0 bridgehead atoms. The zero-order valence-corrected chi connectivity index (χ0v) is 21.2. The third-order valence-electron chi connectivity index (χ3n) is 4.93. The number of thioether (sulfide) groups is 1. The Bertz CT molecular complexity index is 1220. The second-order valence-corrected chi connectivity index (χ2v) is 11.1. The highest BCUT2D eigenvalue weighted by Gasteiger charge is 2.19. The molecule has 0 aromatic heterocycles. The van der Waals surface area contributed by atoms with E-state index in [0.717, 1.165) is 22.6 Å². The fourth-order valence-corrected chi connectivity index (χ4v) is 5.64. The quantitative estimate of drug-likeness (QED) is 0.366. The fraction of sp³-hybridized carbons (Fsp3) is 0.240. The van der Waals surface area contributed by atoms with Crippen molar-refractivity contribution in [3.63, 3.8) is 0 Å². The van der Waals surface area contributed by atoms with Crippen molar-refractivity contribution < 1.29 is 13.2 Å². The Hall–Kier alpha value is -2.48. The molecule has 8 heteroatoms. The minimum Gasteiger partial charge on any atom is -0.351 e. The van der Waals surface area contributed by atoms with Gasteiger partial charge in [-0.1, -0.05) is 35.9 Å². The Labute approximate surface area is 205 Å². The van der Waals surface area contributed by atoms with E-state index in [-0.39, 0.29) is 10.8 Å². The Balaban J connectivity index is 1.61. The Morgan fingerprint density at radius 3 is 2.27 bits per heavy atom. The molecule has 0 aliphatic rings. The van der Waals surface area contributed by atoms with Crippen molar-refractivity contribution in [2.45, 2.75) is 31.4 Å². The number of hydrogen-bond acceptors (Lipinski definition) is 4. The molecule has 0 aliphatic heterocycles. The topological polar surface area (TPSA) is 75.3 Å². The average Bonchev–Trinajstić information content (AvgIpc) is 2.73. The van der Waals surface area contributed by atoms with Gasteiger partial charge in [-0.05, 0) is 79.4 Å². The van der Waals surface area contributed by atoms with Crippen LogP contribution >= 0.6 is 23.4 Å². The predicted octanol–water partition coefficient (Wildman–Crippen LogP) is 5.73. The van der Waals surface area contributed by atoms with E-state index in [4.69, 9.17) is 11.6 Å². The minimum absolute atomic E-state index is 0.0893. The molecule has 0 heterocycles. The van der Waals surface area contributed by atoms with Crippen LogP contribution in [0.15, 0.2) is 65.6 Å². The van der Waals surface area contributed by atoms with Crippen LogP contribution in [0, 0.1) is 20.8 Å². The number of carbonyl (C=O) groups excluding carboxylic acids is 1. The summed E-state index contributed by atoms with van der Waals surface area (Å²) in [5, 5.41) is 3.57. The lowest BCUT2D eigenvalue weighted by Crippen LogP contribution is -2.26. The first-order chi connectivity index (χ1) is 15.6. The summed E-state index contributed by atoms with van der Waals surface area (Å²) in [6, 6.07) is 17.9. The Kier molecular flexibility index (Phi) is 8.46. The molecule has 0 unspecified atom stereocenters. The number of rotatable bonds is 9. The molecule has 0 saturated heterocycles. The monoisotopic (exact) mass is 502 g/mol. The van der Waals surface area contributed by atoms with Gasteiger partial charge in [0.15, 0.2) is 0 Å². The van der Waals surface area contributed by atoms with Gasteiger partial charge in [-0.2, -0.15) is 11.8 Å². The smallest absolute Gasteiger partial charge is 0.262 e. The zero-order valence-electron chi connectivity index (χ0n) is 18.8. The molecule has 3 aromatic rings. The molecular formula is C25H27ClN2O3S2. The van der Waals surface area contributed by atoms with E-state index < -0.39 is 10.0 Å². The van der Waals surface area contributed by atoms with Gasteiger partial charge in [0.05, 0.1) is 4.90 Å². The summed E-state index contributed by atoms with van der Waals surface area (Å²) < 4.78 is 28.7. The Morgan fingerprint density at radius 2 is 1.61 bits per heavy atom. The zero-order chi connectivity index (χ0) is 24.0. The molecule has 2 N–H and O–H groups in total. The van der Waals surface area contributed by atoms with Gasteiger partial charge in [-0.3, -0.25) is 9.52 Å². The number of amides is 1. The van der Waals surface area contributed by atoms with Crippen molar-refractivity contribution in [3.05, 3.63) is 93.5 Å². The largest absolute Gasteiger partial charge is 0.351 e. The first-order valence-corrected chi connectivity index (χ1v) is 13.5. The molecule has 0 radical (unpaired) electrons. The van der Waals surface area contributed by atoms with E-state index in [0.29, 0.717) is 28.4 Å². The normalized spacial score (nSPS) is 11.3. The predicted molar refractivity (Wildman–Crippen MR) is 138 cm³/mol. The van der Waals surface area contributed by atoms with Gasteiger partial charge in [0, 0.05) is 34.3 Å². The fourth-order valence-electron chi connectivity index (χ4n) is 3.38. The summed E-state index contributed by atoms with van der Waals surface area (Å²) in [5.41, 5.74) is 4.48. The molecule has 33 heavy (non-hydrogen) atoms. The molecule has 0 aliphatic carbocycles. The Morgan fingerprint density at radius 1 is 0.939 bits per heavy atom. The molecule has 0 atom stereocenters. The minimum atomic E-state index is -3.84. The SMILES string of the molecule is Cc1cc(C)cc(NS(=O)(=O)c2cc(C(=O)NCCSCc3ccc(Cl)cc3)ccc2C)c1. The molecule has 0 spiro atoms. The highest BCUT2D eigenvalue weighted by Crippen LogP contribution is 2.22. The average molecular weight is 503 g/mol. The number of carbonyl (C=O) groups is 1. The van der Waals surface area contributed by atoms with E-state index in [9.17, 15) is 13.2 Å². The third kappa shape index (κ3) is 7.25. The first-order valence-electron chi connectivity index (χ1n) is 10.5. The number of anilines is 1. The van der Waals surface area contributed by atoms with Crippen LogP contribution in [0.2, 0.25) is 5.02 Å². The van der Waals surface area contributed by atoms with Gasteiger partial charge >= 0.3 is 0 Å². The van der Waals surface area contributed by atoms with Crippen molar-refractivity contribution in [3.8, 4) is 0 Å². The number of hydrogen-bond donors (Lipinski definition) is 2. The van der Waals surface area contributed by atoms with Crippen LogP contribution in [0.4, 0.5) is 5.69 Å². The van der Waals surface area contributed by atoms with Crippen molar-refractivity contribution >= 4 is 45.0 Å². The van der Waals surface area contributed by atoms with Crippen molar-refractivity contribution in [2.75, 3.05) is 17.0 Å². The molecular weight excluding hydrogens is 476 g/mol. The van der Waals surface area contributed by atoms with Gasteiger partial charge < -0.3 is 5.32 Å². The molecule has 0 fully saturated rings. The summed E-state index contributed by atoms with van der Waals surface area (Å²) in [5.74, 6) is 1.26. The van der Waals surface area contributed by atoms with Crippen LogP contribution in [0.3, 0.4) is 0 Å². The van der Waals surface area contributed by atoms with Gasteiger partial charge in [0.1, 0.15) is 0 Å². The van der Waals surface area contributed by atoms with Gasteiger partial charge in [-0.15, -0.1) is 0 Å². The molecule has 5 nitrogen and oxygen atoms in total. The van der Waals surface area contributed by atoms with Crippen LogP contribution in [0.5, 0.6) is 0 Å². The second-order valence-electron chi connectivity index (χ2n) is 7.90. The lowest BCUT2D eigenvalue weighted by Gasteiger charge is -2.13. The van der Waals surface area contributed by atoms with Gasteiger partial charge in [0.2, 0.25) is 0 Å². The maximum atomic E-state index is 13.0. The second kappa shape index (κ2) is 11.1. The number of aryl methyl sites for hydroxylation is 3. The highest BCUT2D eigenvalue weighted by atomic mass is 35.5. The summed E-state index contributed by atoms with van der Waals surface area (Å²) >= 11 is 7.59. The van der Waals surface area contributed by atoms with Gasteiger partial charge in [-0.25, -0.2) is 8.42 Å². The van der Waals surface area contributed by atoms with Crippen LogP contribution in [-0.4, -0.2) is 26.6 Å². The van der Waals surface area contributed by atoms with E-state index in [1.807, 2.05) is 44.2 Å². The standard InChI is InChI=1S/C25H27ClN2O3S2/c1-17-12-18(2)14-23(13-17)28-33(30,31)24-15-21(7-4-19(24)3)25(29)27-10-11-32-16-20-5-8-22(26)9-6-20/h4-9,12-15,28H,10-11,16H2,1-3H3,(H,27,29).